The van der Waals surface area contributed by atoms with Crippen molar-refractivity contribution < 1.29 is 14.0 Å². The van der Waals surface area contributed by atoms with Crippen LogP contribution >= 0.6 is 0 Å². The molecule has 0 saturated carbocycles. The zero-order valence-electron chi connectivity index (χ0n) is 8.66. The Bertz CT molecular complexity index is 359. The molecule has 0 unspecified atom stereocenters. The highest BCUT2D eigenvalue weighted by molar-refractivity contribution is 5.91. The van der Waals surface area contributed by atoms with Crippen LogP contribution in [-0.2, 0) is 4.79 Å². The summed E-state index contributed by atoms with van der Waals surface area (Å²) in [5.74, 6) is 0.165. The number of nitrogens with one attached hydrogen (secondary N) is 2. The monoisotopic (exact) mass is 211 g/mol. The number of carbonyl (C=O) groups excluding carboxylic acids is 2. The van der Waals surface area contributed by atoms with Crippen LogP contribution in [0.4, 0.5) is 0 Å². The Morgan fingerprint density at radius 3 is 2.60 bits per heavy atom. The first-order valence-corrected chi connectivity index (χ1v) is 4.54. The van der Waals surface area contributed by atoms with Crippen LogP contribution in [0.1, 0.15) is 23.4 Å². The molecule has 1 heterocycles. The van der Waals surface area contributed by atoms with Gasteiger partial charge in [0.25, 0.3) is 5.91 Å². The van der Waals surface area contributed by atoms with E-state index >= 15 is 0 Å². The van der Waals surface area contributed by atoms with Gasteiger partial charge in [-0.3, -0.25) is 9.59 Å². The van der Waals surface area contributed by atoms with Crippen molar-refractivity contribution in [3.8, 4) is 0 Å². The van der Waals surface area contributed by atoms with Crippen LogP contribution in [0.15, 0.2) is 10.6 Å². The van der Waals surface area contributed by atoms with Crippen molar-refractivity contribution >= 4 is 11.8 Å². The van der Waals surface area contributed by atoms with Crippen molar-refractivity contribution in [1.82, 2.24) is 15.6 Å². The molecule has 0 fully saturated rings. The van der Waals surface area contributed by atoms with Crippen molar-refractivity contribution in [2.75, 3.05) is 13.1 Å². The van der Waals surface area contributed by atoms with Gasteiger partial charge in [0.1, 0.15) is 0 Å². The molecule has 1 aromatic rings. The average Bonchev–Trinajstić information content (AvgIpc) is 2.59. The molecule has 0 atom stereocenters. The van der Waals surface area contributed by atoms with Crippen molar-refractivity contribution in [1.29, 1.82) is 0 Å². The van der Waals surface area contributed by atoms with E-state index in [-0.39, 0.29) is 17.6 Å². The van der Waals surface area contributed by atoms with Gasteiger partial charge < -0.3 is 15.1 Å². The third-order valence-corrected chi connectivity index (χ3v) is 1.63. The Labute approximate surface area is 87.1 Å². The molecule has 0 radical (unpaired) electrons. The molecule has 0 aromatic carbocycles. The van der Waals surface area contributed by atoms with Gasteiger partial charge in [-0.25, -0.2) is 4.98 Å². The van der Waals surface area contributed by atoms with Crippen molar-refractivity contribution in [2.45, 2.75) is 13.8 Å². The van der Waals surface area contributed by atoms with Crippen molar-refractivity contribution in [3.05, 3.63) is 17.8 Å². The summed E-state index contributed by atoms with van der Waals surface area (Å²) in [6.07, 6.45) is 1.36. The SMILES string of the molecule is CC(=O)NCCNC(=O)c1cnc(C)o1. The molecular formula is C9H13N3O3. The molecule has 82 valence electrons. The van der Waals surface area contributed by atoms with Gasteiger partial charge in [-0.2, -0.15) is 0 Å². The molecule has 0 aliphatic rings. The summed E-state index contributed by atoms with van der Waals surface area (Å²) in [7, 11) is 0. The summed E-state index contributed by atoms with van der Waals surface area (Å²) in [6.45, 7) is 3.84. The first-order valence-electron chi connectivity index (χ1n) is 4.54. The molecule has 2 amide bonds. The highest BCUT2D eigenvalue weighted by Gasteiger charge is 2.09. The van der Waals surface area contributed by atoms with Gasteiger partial charge in [0, 0.05) is 26.9 Å². The number of aromatic nitrogens is 1. The topological polar surface area (TPSA) is 84.2 Å². The Kier molecular flexibility index (Phi) is 3.84. The fourth-order valence-corrected chi connectivity index (χ4v) is 0.968. The summed E-state index contributed by atoms with van der Waals surface area (Å²) in [5, 5.41) is 5.14. The van der Waals surface area contributed by atoms with Crippen LogP contribution in [0.2, 0.25) is 0 Å². The minimum absolute atomic E-state index is 0.125. The van der Waals surface area contributed by atoms with Gasteiger partial charge in [-0.15, -0.1) is 0 Å². The van der Waals surface area contributed by atoms with E-state index in [2.05, 4.69) is 15.6 Å². The molecule has 6 heteroatoms. The predicted molar refractivity (Wildman–Crippen MR) is 52.3 cm³/mol. The molecule has 1 rings (SSSR count). The van der Waals surface area contributed by atoms with E-state index in [1.165, 1.54) is 13.1 Å². The van der Waals surface area contributed by atoms with E-state index in [0.29, 0.717) is 19.0 Å². The number of hydrogen-bond donors (Lipinski definition) is 2. The molecule has 0 bridgehead atoms. The maximum absolute atomic E-state index is 11.3. The van der Waals surface area contributed by atoms with Crippen LogP contribution < -0.4 is 10.6 Å². The van der Waals surface area contributed by atoms with Crippen molar-refractivity contribution in [3.63, 3.8) is 0 Å². The summed E-state index contributed by atoms with van der Waals surface area (Å²) in [6, 6.07) is 0. The lowest BCUT2D eigenvalue weighted by atomic mass is 10.4. The minimum atomic E-state index is -0.332. The molecule has 2 N–H and O–H groups in total. The number of rotatable bonds is 4. The predicted octanol–water partition coefficient (Wildman–Crippen LogP) is -0.151. The number of amides is 2. The normalized spacial score (nSPS) is 9.73. The van der Waals surface area contributed by atoms with Gasteiger partial charge in [-0.1, -0.05) is 0 Å². The second kappa shape index (κ2) is 5.14. The zero-order valence-corrected chi connectivity index (χ0v) is 8.66. The summed E-state index contributed by atoms with van der Waals surface area (Å²) >= 11 is 0. The van der Waals surface area contributed by atoms with Crippen LogP contribution in [-0.4, -0.2) is 29.9 Å². The number of nitrogens with zero attached hydrogens (tertiary/aromatic N) is 1. The summed E-state index contributed by atoms with van der Waals surface area (Å²) in [4.78, 5) is 25.7. The maximum atomic E-state index is 11.3. The van der Waals surface area contributed by atoms with E-state index in [0.717, 1.165) is 0 Å². The molecule has 0 aliphatic heterocycles. The highest BCUT2D eigenvalue weighted by atomic mass is 16.4. The minimum Gasteiger partial charge on any atom is -0.436 e. The first-order chi connectivity index (χ1) is 7.09. The van der Waals surface area contributed by atoms with Crippen LogP contribution in [0.3, 0.4) is 0 Å². The number of carbonyl (C=O) groups is 2. The second-order valence-corrected chi connectivity index (χ2v) is 2.98. The smallest absolute Gasteiger partial charge is 0.288 e. The molecule has 0 saturated heterocycles. The number of oxazole rings is 1. The number of hydrogen-bond acceptors (Lipinski definition) is 4. The Balaban J connectivity index is 2.28. The molecule has 0 spiro atoms. The molecule has 0 aliphatic carbocycles. The van der Waals surface area contributed by atoms with E-state index in [9.17, 15) is 9.59 Å². The van der Waals surface area contributed by atoms with Gasteiger partial charge in [0.15, 0.2) is 5.89 Å². The first kappa shape index (κ1) is 11.2. The molecule has 1 aromatic heterocycles. The van der Waals surface area contributed by atoms with E-state index in [1.54, 1.807) is 6.92 Å². The van der Waals surface area contributed by atoms with Crippen LogP contribution in [0.25, 0.3) is 0 Å². The lowest BCUT2D eigenvalue weighted by Gasteiger charge is -2.02. The van der Waals surface area contributed by atoms with E-state index < -0.39 is 0 Å². The van der Waals surface area contributed by atoms with Gasteiger partial charge in [0.05, 0.1) is 6.20 Å². The van der Waals surface area contributed by atoms with E-state index in [1.807, 2.05) is 0 Å². The van der Waals surface area contributed by atoms with Crippen LogP contribution in [0.5, 0.6) is 0 Å². The Morgan fingerprint density at radius 1 is 1.40 bits per heavy atom. The van der Waals surface area contributed by atoms with Gasteiger partial charge in [-0.05, 0) is 0 Å². The largest absolute Gasteiger partial charge is 0.436 e. The summed E-state index contributed by atoms with van der Waals surface area (Å²) < 4.78 is 5.01. The van der Waals surface area contributed by atoms with Crippen LogP contribution in [0, 0.1) is 6.92 Å². The second-order valence-electron chi connectivity index (χ2n) is 2.98. The van der Waals surface area contributed by atoms with Gasteiger partial charge in [0.2, 0.25) is 11.7 Å². The number of aryl methyl sites for hydroxylation is 1. The lowest BCUT2D eigenvalue weighted by Crippen LogP contribution is -2.33. The lowest BCUT2D eigenvalue weighted by molar-refractivity contribution is -0.118. The zero-order chi connectivity index (χ0) is 11.3. The third-order valence-electron chi connectivity index (χ3n) is 1.63. The third kappa shape index (κ3) is 3.80. The van der Waals surface area contributed by atoms with E-state index in [4.69, 9.17) is 4.42 Å². The standard InChI is InChI=1S/C9H13N3O3/c1-6(13)10-3-4-11-9(14)8-5-12-7(2)15-8/h5H,3-4H2,1-2H3,(H,10,13)(H,11,14). The molecular weight excluding hydrogens is 198 g/mol. The molecule has 15 heavy (non-hydrogen) atoms. The summed E-state index contributed by atoms with van der Waals surface area (Å²) in [5.41, 5.74) is 0. The fraction of sp³-hybridized carbons (Fsp3) is 0.444. The maximum Gasteiger partial charge on any atom is 0.288 e. The average molecular weight is 211 g/mol. The fourth-order valence-electron chi connectivity index (χ4n) is 0.968. The quantitative estimate of drug-likeness (QED) is 0.678. The molecule has 6 nitrogen and oxygen atoms in total. The highest BCUT2D eigenvalue weighted by Crippen LogP contribution is 2.00. The van der Waals surface area contributed by atoms with Gasteiger partial charge >= 0.3 is 0 Å². The van der Waals surface area contributed by atoms with Crippen molar-refractivity contribution in [2.24, 2.45) is 0 Å². The Morgan fingerprint density at radius 2 is 2.07 bits per heavy atom. The Hall–Kier alpha value is -1.85.